The van der Waals surface area contributed by atoms with Crippen LogP contribution in [0.1, 0.15) is 31.4 Å². The Morgan fingerprint density at radius 3 is 2.65 bits per heavy atom. The van der Waals surface area contributed by atoms with Crippen LogP contribution in [0.15, 0.2) is 45.9 Å². The van der Waals surface area contributed by atoms with Crippen LogP contribution in [-0.2, 0) is 21.2 Å². The molecule has 0 atom stereocenters. The van der Waals surface area contributed by atoms with E-state index in [1.807, 2.05) is 0 Å². The molecule has 1 aliphatic heterocycles. The summed E-state index contributed by atoms with van der Waals surface area (Å²) in [5.74, 6) is 0.509. The highest BCUT2D eigenvalue weighted by Crippen LogP contribution is 2.29. The van der Waals surface area contributed by atoms with E-state index >= 15 is 0 Å². The quantitative estimate of drug-likeness (QED) is 0.807. The zero-order valence-corrected chi connectivity index (χ0v) is 15.9. The average Bonchev–Trinajstić information content (AvgIpc) is 3.16. The number of halogens is 1. The van der Waals surface area contributed by atoms with E-state index in [0.29, 0.717) is 25.2 Å². The van der Waals surface area contributed by atoms with Gasteiger partial charge in [-0.3, -0.25) is 4.79 Å². The number of carbonyl (C=O) groups is 1. The molecule has 0 spiro atoms. The molecule has 1 N–H and O–H groups in total. The Kier molecular flexibility index (Phi) is 6.01. The fraction of sp³-hybridized carbons (Fsp3) is 0.389. The lowest BCUT2D eigenvalue weighted by molar-refractivity contribution is -0.116. The number of piperidine rings is 1. The van der Waals surface area contributed by atoms with Crippen LogP contribution < -0.4 is 5.32 Å². The first kappa shape index (κ1) is 18.9. The molecule has 1 fully saturated rings. The predicted molar refractivity (Wildman–Crippen MR) is 99.7 cm³/mol. The van der Waals surface area contributed by atoms with Crippen molar-refractivity contribution >= 4 is 33.2 Å². The Morgan fingerprint density at radius 2 is 1.96 bits per heavy atom. The van der Waals surface area contributed by atoms with Gasteiger partial charge in [-0.1, -0.05) is 18.0 Å². The highest BCUT2D eigenvalue weighted by atomic mass is 35.5. The summed E-state index contributed by atoms with van der Waals surface area (Å²) in [6.07, 6.45) is 5.01. The molecule has 140 valence electrons. The number of furan rings is 1. The van der Waals surface area contributed by atoms with Crippen LogP contribution in [0.5, 0.6) is 0 Å². The lowest BCUT2D eigenvalue weighted by Crippen LogP contribution is -2.35. The van der Waals surface area contributed by atoms with E-state index in [-0.39, 0.29) is 22.2 Å². The van der Waals surface area contributed by atoms with E-state index in [0.717, 1.165) is 25.0 Å². The summed E-state index contributed by atoms with van der Waals surface area (Å²) in [6.45, 7) is 0.997. The zero-order chi connectivity index (χ0) is 18.6. The summed E-state index contributed by atoms with van der Waals surface area (Å²) >= 11 is 6.13. The van der Waals surface area contributed by atoms with Gasteiger partial charge in [0.15, 0.2) is 0 Å². The minimum atomic E-state index is -3.66. The van der Waals surface area contributed by atoms with Gasteiger partial charge in [0.1, 0.15) is 10.7 Å². The molecule has 2 aromatic rings. The van der Waals surface area contributed by atoms with Crippen molar-refractivity contribution in [2.24, 2.45) is 0 Å². The molecule has 0 radical (unpaired) electrons. The van der Waals surface area contributed by atoms with Crippen LogP contribution in [0.3, 0.4) is 0 Å². The van der Waals surface area contributed by atoms with Crippen molar-refractivity contribution in [2.45, 2.75) is 37.0 Å². The molecule has 1 saturated heterocycles. The van der Waals surface area contributed by atoms with Gasteiger partial charge in [0.2, 0.25) is 15.9 Å². The number of nitrogens with zero attached hydrogens (tertiary/aromatic N) is 1. The maximum Gasteiger partial charge on any atom is 0.244 e. The normalized spacial score (nSPS) is 15.7. The fourth-order valence-electron chi connectivity index (χ4n) is 2.94. The van der Waals surface area contributed by atoms with Crippen molar-refractivity contribution in [3.63, 3.8) is 0 Å². The Balaban J connectivity index is 1.71. The van der Waals surface area contributed by atoms with E-state index in [1.165, 1.54) is 16.4 Å². The van der Waals surface area contributed by atoms with Gasteiger partial charge in [-0.25, -0.2) is 8.42 Å². The third-order valence-corrected chi connectivity index (χ3v) is 6.71. The van der Waals surface area contributed by atoms with Gasteiger partial charge in [0, 0.05) is 31.6 Å². The second-order valence-electron chi connectivity index (χ2n) is 6.24. The number of sulfonamides is 1. The van der Waals surface area contributed by atoms with Crippen molar-refractivity contribution in [2.75, 3.05) is 18.4 Å². The van der Waals surface area contributed by atoms with Gasteiger partial charge < -0.3 is 9.73 Å². The average molecular weight is 397 g/mol. The second-order valence-corrected chi connectivity index (χ2v) is 8.55. The number of amides is 1. The Morgan fingerprint density at radius 1 is 1.19 bits per heavy atom. The van der Waals surface area contributed by atoms with Gasteiger partial charge in [-0.2, -0.15) is 4.31 Å². The van der Waals surface area contributed by atoms with Gasteiger partial charge in [-0.05, 0) is 43.2 Å². The van der Waals surface area contributed by atoms with E-state index in [4.69, 9.17) is 16.0 Å². The molecule has 2 heterocycles. The highest BCUT2D eigenvalue weighted by Gasteiger charge is 2.28. The largest absolute Gasteiger partial charge is 0.469 e. The third kappa shape index (κ3) is 4.47. The fourth-order valence-corrected chi connectivity index (χ4v) is 4.96. The van der Waals surface area contributed by atoms with Crippen molar-refractivity contribution in [1.82, 2.24) is 4.31 Å². The van der Waals surface area contributed by atoms with Crippen LogP contribution >= 0.6 is 11.6 Å². The standard InChI is InChI=1S/C18H21ClN2O4S/c19-16-8-6-14(20-18(22)9-7-15-5-4-12-25-15)13-17(16)26(23,24)21-10-2-1-3-11-21/h4-6,8,12-13H,1-3,7,9-11H2,(H,20,22). The molecular formula is C18H21ClN2O4S. The van der Waals surface area contributed by atoms with E-state index in [9.17, 15) is 13.2 Å². The van der Waals surface area contributed by atoms with Gasteiger partial charge in [-0.15, -0.1) is 0 Å². The summed E-state index contributed by atoms with van der Waals surface area (Å²) in [7, 11) is -3.66. The van der Waals surface area contributed by atoms with Gasteiger partial charge in [0.25, 0.3) is 0 Å². The lowest BCUT2D eigenvalue weighted by atomic mass is 10.2. The topological polar surface area (TPSA) is 79.6 Å². The highest BCUT2D eigenvalue weighted by molar-refractivity contribution is 7.89. The molecular weight excluding hydrogens is 376 g/mol. The summed E-state index contributed by atoms with van der Waals surface area (Å²) in [4.78, 5) is 12.1. The summed E-state index contributed by atoms with van der Waals surface area (Å²) in [5.41, 5.74) is 0.412. The smallest absolute Gasteiger partial charge is 0.244 e. The van der Waals surface area contributed by atoms with Crippen LogP contribution in [0.2, 0.25) is 5.02 Å². The Labute approximate surface area is 158 Å². The monoisotopic (exact) mass is 396 g/mol. The molecule has 0 unspecified atom stereocenters. The molecule has 0 bridgehead atoms. The van der Waals surface area contributed by atoms with Gasteiger partial charge in [0.05, 0.1) is 11.3 Å². The molecule has 6 nitrogen and oxygen atoms in total. The number of anilines is 1. The number of hydrogen-bond acceptors (Lipinski definition) is 4. The molecule has 1 aromatic carbocycles. The van der Waals surface area contributed by atoms with Crippen molar-refractivity contribution in [3.8, 4) is 0 Å². The first-order valence-corrected chi connectivity index (χ1v) is 10.4. The number of benzene rings is 1. The first-order valence-electron chi connectivity index (χ1n) is 8.59. The van der Waals surface area contributed by atoms with Crippen LogP contribution in [0, 0.1) is 0 Å². The Hall–Kier alpha value is -1.83. The maximum absolute atomic E-state index is 12.8. The van der Waals surface area contributed by atoms with Crippen LogP contribution in [0.25, 0.3) is 0 Å². The molecule has 3 rings (SSSR count). The molecule has 0 aliphatic carbocycles. The molecule has 1 aromatic heterocycles. The first-order chi connectivity index (χ1) is 12.5. The molecule has 8 heteroatoms. The van der Waals surface area contributed by atoms with Crippen molar-refractivity contribution in [1.29, 1.82) is 0 Å². The second kappa shape index (κ2) is 8.24. The SMILES string of the molecule is O=C(CCc1ccco1)Nc1ccc(Cl)c(S(=O)(=O)N2CCCCC2)c1. The molecule has 1 aliphatic rings. The summed E-state index contributed by atoms with van der Waals surface area (Å²) in [5, 5.41) is 2.88. The van der Waals surface area contributed by atoms with Crippen LogP contribution in [-0.4, -0.2) is 31.7 Å². The van der Waals surface area contributed by atoms with Gasteiger partial charge >= 0.3 is 0 Å². The molecule has 1 amide bonds. The summed E-state index contributed by atoms with van der Waals surface area (Å²) < 4.78 is 32.3. The summed E-state index contributed by atoms with van der Waals surface area (Å²) in [6, 6.07) is 8.10. The van der Waals surface area contributed by atoms with E-state index < -0.39 is 10.0 Å². The van der Waals surface area contributed by atoms with Crippen molar-refractivity contribution < 1.29 is 17.6 Å². The number of nitrogens with one attached hydrogen (secondary N) is 1. The third-order valence-electron chi connectivity index (χ3n) is 4.33. The maximum atomic E-state index is 12.8. The van der Waals surface area contributed by atoms with Crippen LogP contribution in [0.4, 0.5) is 5.69 Å². The predicted octanol–water partition coefficient (Wildman–Crippen LogP) is 3.68. The number of aryl methyl sites for hydroxylation is 1. The molecule has 26 heavy (non-hydrogen) atoms. The number of hydrogen-bond donors (Lipinski definition) is 1. The number of rotatable bonds is 6. The minimum absolute atomic E-state index is 0.0323. The molecule has 0 saturated carbocycles. The lowest BCUT2D eigenvalue weighted by Gasteiger charge is -2.26. The van der Waals surface area contributed by atoms with Crippen molar-refractivity contribution in [3.05, 3.63) is 47.4 Å². The Bertz CT molecular complexity index is 859. The number of carbonyl (C=O) groups excluding carboxylic acids is 1. The van der Waals surface area contributed by atoms with E-state index in [2.05, 4.69) is 5.32 Å². The van der Waals surface area contributed by atoms with E-state index in [1.54, 1.807) is 24.5 Å². The minimum Gasteiger partial charge on any atom is -0.469 e. The zero-order valence-electron chi connectivity index (χ0n) is 14.3.